The van der Waals surface area contributed by atoms with Crippen molar-refractivity contribution in [3.05, 3.63) is 45.6 Å². The van der Waals surface area contributed by atoms with E-state index in [0.29, 0.717) is 54.8 Å². The average Bonchev–Trinajstić information content (AvgIpc) is 3.32. The predicted octanol–water partition coefficient (Wildman–Crippen LogP) is 5.88. The molecule has 2 aliphatic carbocycles. The Balaban J connectivity index is 1.56. The first kappa shape index (κ1) is 22.6. The fourth-order valence-corrected chi connectivity index (χ4v) is 6.19. The molecule has 1 saturated heterocycles. The number of amides is 1. The average molecular weight is 487 g/mol. The van der Waals surface area contributed by atoms with E-state index in [1.54, 1.807) is 4.90 Å². The van der Waals surface area contributed by atoms with Crippen molar-refractivity contribution in [1.29, 1.82) is 0 Å². The van der Waals surface area contributed by atoms with Gasteiger partial charge >= 0.3 is 6.09 Å². The molecule has 2 fully saturated rings. The zero-order chi connectivity index (χ0) is 23.0. The van der Waals surface area contributed by atoms with Crippen molar-refractivity contribution in [1.82, 2.24) is 9.88 Å². The number of aryl methyl sites for hydroxylation is 1. The van der Waals surface area contributed by atoms with Gasteiger partial charge in [-0.25, -0.2) is 9.78 Å². The number of Topliss-reactive ketones (excluding diaryl/α,β-unsaturated/α-hetero) is 1. The zero-order valence-electron chi connectivity index (χ0n) is 18.7. The van der Waals surface area contributed by atoms with Crippen LogP contribution >= 0.6 is 22.9 Å². The van der Waals surface area contributed by atoms with Crippen molar-refractivity contribution in [3.8, 4) is 10.6 Å². The number of aromatic nitrogens is 1. The number of halogens is 1. The third-order valence-electron chi connectivity index (χ3n) is 6.88. The number of ether oxygens (including phenoxy) is 2. The van der Waals surface area contributed by atoms with Gasteiger partial charge in [0, 0.05) is 40.4 Å². The van der Waals surface area contributed by atoms with Crippen LogP contribution in [0.25, 0.3) is 16.1 Å². The number of carbonyl (C=O) groups excluding carboxylic acids is 2. The van der Waals surface area contributed by atoms with Crippen LogP contribution in [-0.4, -0.2) is 48.1 Å². The van der Waals surface area contributed by atoms with Crippen molar-refractivity contribution >= 4 is 40.4 Å². The molecule has 2 aromatic rings. The van der Waals surface area contributed by atoms with Crippen molar-refractivity contribution in [3.63, 3.8) is 0 Å². The monoisotopic (exact) mass is 486 g/mol. The van der Waals surface area contributed by atoms with Gasteiger partial charge in [-0.05, 0) is 31.9 Å². The Labute approximate surface area is 202 Å². The first-order chi connectivity index (χ1) is 16.0. The Morgan fingerprint density at radius 2 is 1.85 bits per heavy atom. The van der Waals surface area contributed by atoms with E-state index in [1.807, 2.05) is 31.2 Å². The summed E-state index contributed by atoms with van der Waals surface area (Å²) in [6, 6.07) is 7.52. The summed E-state index contributed by atoms with van der Waals surface area (Å²) in [5, 5.41) is 1.49. The van der Waals surface area contributed by atoms with Gasteiger partial charge in [0.1, 0.15) is 10.8 Å². The third-order valence-corrected chi connectivity index (χ3v) is 8.15. The SMILES string of the molecule is Cc1sc(-c2ccc(Cl)cc2)nc1C1=C(OC(=O)N2CCOCC2)C2(CCCCC2)CC1=O. The molecule has 1 aromatic carbocycles. The van der Waals surface area contributed by atoms with E-state index in [9.17, 15) is 9.59 Å². The van der Waals surface area contributed by atoms with Crippen molar-refractivity contribution in [2.45, 2.75) is 45.4 Å². The van der Waals surface area contributed by atoms with Crippen molar-refractivity contribution < 1.29 is 19.1 Å². The molecule has 1 amide bonds. The van der Waals surface area contributed by atoms with E-state index < -0.39 is 11.5 Å². The lowest BCUT2D eigenvalue weighted by molar-refractivity contribution is -0.114. The van der Waals surface area contributed by atoms with Gasteiger partial charge in [0.2, 0.25) is 0 Å². The van der Waals surface area contributed by atoms with Gasteiger partial charge in [0.25, 0.3) is 0 Å². The van der Waals surface area contributed by atoms with E-state index in [2.05, 4.69) is 0 Å². The van der Waals surface area contributed by atoms with Gasteiger partial charge in [-0.15, -0.1) is 11.3 Å². The Bertz CT molecular complexity index is 1100. The minimum atomic E-state index is -0.400. The highest BCUT2D eigenvalue weighted by Crippen LogP contribution is 2.54. The second kappa shape index (κ2) is 9.20. The van der Waals surface area contributed by atoms with E-state index in [4.69, 9.17) is 26.1 Å². The van der Waals surface area contributed by atoms with Crippen LogP contribution in [-0.2, 0) is 14.3 Å². The molecular formula is C25H27ClN2O4S. The molecule has 8 heteroatoms. The molecule has 0 bridgehead atoms. The zero-order valence-corrected chi connectivity index (χ0v) is 20.3. The highest BCUT2D eigenvalue weighted by atomic mass is 35.5. The lowest BCUT2D eigenvalue weighted by Gasteiger charge is -2.35. The normalized spacial score (nSPS) is 20.5. The number of benzene rings is 1. The molecule has 1 aliphatic heterocycles. The highest BCUT2D eigenvalue weighted by molar-refractivity contribution is 7.15. The fourth-order valence-electron chi connectivity index (χ4n) is 5.14. The molecule has 1 saturated carbocycles. The quantitative estimate of drug-likeness (QED) is 0.542. The molecule has 3 aliphatic rings. The minimum Gasteiger partial charge on any atom is -0.413 e. The Hall–Kier alpha value is -2.22. The molecule has 0 N–H and O–H groups in total. The van der Waals surface area contributed by atoms with Gasteiger partial charge < -0.3 is 14.4 Å². The standard InChI is InChI=1S/C25H27ClN2O4S/c1-16-21(27-23(33-16)17-5-7-18(26)8-6-17)20-19(29)15-25(9-3-2-4-10-25)22(20)32-24(30)28-11-13-31-14-12-28/h5-8H,2-4,9-15H2,1H3. The maximum atomic E-state index is 13.4. The molecule has 1 aromatic heterocycles. The summed E-state index contributed by atoms with van der Waals surface area (Å²) in [5.41, 5.74) is 1.68. The number of carbonyl (C=O) groups is 2. The molecule has 6 nitrogen and oxygen atoms in total. The predicted molar refractivity (Wildman–Crippen MR) is 128 cm³/mol. The number of ketones is 1. The van der Waals surface area contributed by atoms with Gasteiger partial charge in [-0.1, -0.05) is 43.0 Å². The largest absolute Gasteiger partial charge is 0.415 e. The molecule has 0 unspecified atom stereocenters. The van der Waals surface area contributed by atoms with Crippen LogP contribution < -0.4 is 0 Å². The minimum absolute atomic E-state index is 0.0257. The number of nitrogens with zero attached hydrogens (tertiary/aromatic N) is 2. The second-order valence-electron chi connectivity index (χ2n) is 9.04. The van der Waals surface area contributed by atoms with E-state index in [-0.39, 0.29) is 5.78 Å². The van der Waals surface area contributed by atoms with Gasteiger partial charge in [0.05, 0.1) is 24.5 Å². The van der Waals surface area contributed by atoms with Crippen LogP contribution in [0, 0.1) is 12.3 Å². The van der Waals surface area contributed by atoms with Crippen LogP contribution in [0.1, 0.15) is 49.1 Å². The number of hydrogen-bond acceptors (Lipinski definition) is 6. The summed E-state index contributed by atoms with van der Waals surface area (Å²) in [7, 11) is 0. The summed E-state index contributed by atoms with van der Waals surface area (Å²) in [6.45, 7) is 3.97. The van der Waals surface area contributed by atoms with Crippen LogP contribution in [0.3, 0.4) is 0 Å². The molecule has 33 heavy (non-hydrogen) atoms. The van der Waals surface area contributed by atoms with Crippen LogP contribution in [0.15, 0.2) is 30.0 Å². The summed E-state index contributed by atoms with van der Waals surface area (Å²) in [5.74, 6) is 0.567. The Morgan fingerprint density at radius 3 is 2.55 bits per heavy atom. The maximum absolute atomic E-state index is 13.4. The van der Waals surface area contributed by atoms with Crippen molar-refractivity contribution in [2.24, 2.45) is 5.41 Å². The molecule has 2 heterocycles. The number of allylic oxidation sites excluding steroid dienone is 2. The molecule has 174 valence electrons. The first-order valence-electron chi connectivity index (χ1n) is 11.5. The number of morpholine rings is 1. The maximum Gasteiger partial charge on any atom is 0.415 e. The topological polar surface area (TPSA) is 68.7 Å². The van der Waals surface area contributed by atoms with Gasteiger partial charge in [0.15, 0.2) is 5.78 Å². The lowest BCUT2D eigenvalue weighted by Crippen LogP contribution is -2.41. The molecule has 5 rings (SSSR count). The molecule has 0 radical (unpaired) electrons. The Kier molecular flexibility index (Phi) is 6.29. The summed E-state index contributed by atoms with van der Waals surface area (Å²) < 4.78 is 11.5. The molecule has 1 spiro atoms. The van der Waals surface area contributed by atoms with E-state index in [0.717, 1.165) is 47.6 Å². The van der Waals surface area contributed by atoms with Gasteiger partial charge in [-0.2, -0.15) is 0 Å². The first-order valence-corrected chi connectivity index (χ1v) is 12.7. The number of thiazole rings is 1. The third kappa shape index (κ3) is 4.34. The van der Waals surface area contributed by atoms with Crippen LogP contribution in [0.5, 0.6) is 0 Å². The van der Waals surface area contributed by atoms with E-state index in [1.165, 1.54) is 11.3 Å². The Morgan fingerprint density at radius 1 is 1.15 bits per heavy atom. The smallest absolute Gasteiger partial charge is 0.413 e. The van der Waals surface area contributed by atoms with Gasteiger partial charge in [-0.3, -0.25) is 4.79 Å². The fraction of sp³-hybridized carbons (Fsp3) is 0.480. The summed E-state index contributed by atoms with van der Waals surface area (Å²) in [6.07, 6.45) is 4.93. The number of rotatable bonds is 3. The number of hydrogen-bond donors (Lipinski definition) is 0. The van der Waals surface area contributed by atoms with Crippen LogP contribution in [0.2, 0.25) is 5.02 Å². The summed E-state index contributed by atoms with van der Waals surface area (Å²) in [4.78, 5) is 34.0. The van der Waals surface area contributed by atoms with E-state index >= 15 is 0 Å². The summed E-state index contributed by atoms with van der Waals surface area (Å²) >= 11 is 7.58. The lowest BCUT2D eigenvalue weighted by atomic mass is 9.72. The second-order valence-corrected chi connectivity index (χ2v) is 10.7. The van der Waals surface area contributed by atoms with Crippen LogP contribution in [0.4, 0.5) is 4.79 Å². The highest BCUT2D eigenvalue weighted by Gasteiger charge is 2.50. The molecular weight excluding hydrogens is 460 g/mol. The van der Waals surface area contributed by atoms with Crippen molar-refractivity contribution in [2.75, 3.05) is 26.3 Å². The molecule has 0 atom stereocenters.